The van der Waals surface area contributed by atoms with E-state index in [4.69, 9.17) is 3.63 Å². The van der Waals surface area contributed by atoms with Gasteiger partial charge in [-0.25, -0.2) is 3.63 Å². The summed E-state index contributed by atoms with van der Waals surface area (Å²) in [7, 11) is -8.65. The van der Waals surface area contributed by atoms with Crippen LogP contribution in [-0.2, 0) is 26.1 Å². The Bertz CT molecular complexity index is 1540. The smallest absolute Gasteiger partial charge is 0.416 e. The van der Waals surface area contributed by atoms with Gasteiger partial charge in [-0.05, 0) is 89.9 Å². The molecule has 4 rings (SSSR count). The molecule has 4 aromatic rings. The van der Waals surface area contributed by atoms with Crippen LogP contribution >= 0.6 is 10.3 Å². The summed E-state index contributed by atoms with van der Waals surface area (Å²) in [5.74, 6) is -0.0614. The van der Waals surface area contributed by atoms with E-state index in [1.807, 2.05) is 0 Å². The van der Waals surface area contributed by atoms with Crippen LogP contribution in [0.5, 0.6) is 5.75 Å². The van der Waals surface area contributed by atoms with Crippen LogP contribution in [0.2, 0.25) is 0 Å². The van der Waals surface area contributed by atoms with Gasteiger partial charge in [0.15, 0.2) is 0 Å². The lowest BCUT2D eigenvalue weighted by Crippen LogP contribution is -2.17. The maximum Gasteiger partial charge on any atom is 0.416 e. The van der Waals surface area contributed by atoms with Crippen LogP contribution in [0.15, 0.2) is 111 Å². The minimum absolute atomic E-state index is 0.0614. The van der Waals surface area contributed by atoms with Crippen molar-refractivity contribution >= 4 is 20.4 Å². The zero-order valence-electron chi connectivity index (χ0n) is 20.9. The molecule has 0 fully saturated rings. The van der Waals surface area contributed by atoms with Crippen molar-refractivity contribution in [3.8, 4) is 5.75 Å². The van der Waals surface area contributed by atoms with E-state index in [-0.39, 0.29) is 28.8 Å². The van der Waals surface area contributed by atoms with E-state index in [1.54, 1.807) is 74.5 Å². The van der Waals surface area contributed by atoms with Crippen molar-refractivity contribution in [2.45, 2.75) is 45.8 Å². The van der Waals surface area contributed by atoms with Crippen LogP contribution in [0, 0.1) is 13.8 Å². The molecular formula is C28H22F6O4S2. The number of benzene rings is 4. The van der Waals surface area contributed by atoms with Crippen molar-refractivity contribution in [3.05, 3.63) is 113 Å². The second-order valence-corrected chi connectivity index (χ2v) is 13.3. The molecule has 0 amide bonds. The van der Waals surface area contributed by atoms with E-state index in [1.165, 1.54) is 12.1 Å². The molecule has 0 aromatic heterocycles. The van der Waals surface area contributed by atoms with E-state index in [0.717, 1.165) is 0 Å². The van der Waals surface area contributed by atoms with Gasteiger partial charge < -0.3 is 5.11 Å². The summed E-state index contributed by atoms with van der Waals surface area (Å²) in [5.41, 5.74) is -2.86. The normalized spacial score (nSPS) is 13.3. The lowest BCUT2D eigenvalue weighted by atomic mass is 10.1. The Morgan fingerprint density at radius 1 is 0.600 bits per heavy atom. The van der Waals surface area contributed by atoms with Crippen LogP contribution in [0.1, 0.15) is 22.3 Å². The summed E-state index contributed by atoms with van der Waals surface area (Å²) in [6.45, 7) is 3.14. The number of phenolic OH excluding ortho intramolecular Hbond substituents is 1. The minimum atomic E-state index is -5.29. The highest BCUT2D eigenvalue weighted by Crippen LogP contribution is 2.70. The molecule has 12 heteroatoms. The van der Waals surface area contributed by atoms with Gasteiger partial charge in [0.1, 0.15) is 5.75 Å². The first-order valence-corrected chi connectivity index (χ1v) is 14.5. The fourth-order valence-corrected chi connectivity index (χ4v) is 9.53. The van der Waals surface area contributed by atoms with Crippen molar-refractivity contribution in [3.63, 3.8) is 0 Å². The average Bonchev–Trinajstić information content (AvgIpc) is 2.90. The van der Waals surface area contributed by atoms with Crippen molar-refractivity contribution < 1.29 is 43.5 Å². The monoisotopic (exact) mass is 600 g/mol. The van der Waals surface area contributed by atoms with E-state index in [0.29, 0.717) is 20.9 Å². The van der Waals surface area contributed by atoms with Crippen molar-refractivity contribution in [2.24, 2.45) is 0 Å². The lowest BCUT2D eigenvalue weighted by molar-refractivity contribution is -0.143. The predicted octanol–water partition coefficient (Wildman–Crippen LogP) is 8.65. The van der Waals surface area contributed by atoms with Crippen molar-refractivity contribution in [1.82, 2.24) is 0 Å². The van der Waals surface area contributed by atoms with Gasteiger partial charge in [0.25, 0.3) is 0 Å². The second kappa shape index (κ2) is 10.5. The number of aromatic hydroxyl groups is 1. The number of phenols is 1. The van der Waals surface area contributed by atoms with Crippen LogP contribution in [0.3, 0.4) is 0 Å². The van der Waals surface area contributed by atoms with Gasteiger partial charge in [-0.2, -0.15) is 34.8 Å². The molecule has 40 heavy (non-hydrogen) atoms. The first-order chi connectivity index (χ1) is 18.6. The fraction of sp³-hybridized carbons (Fsp3) is 0.143. The van der Waals surface area contributed by atoms with Gasteiger partial charge in [0.05, 0.1) is 16.0 Å². The van der Waals surface area contributed by atoms with E-state index >= 15 is 0 Å². The third-order valence-electron chi connectivity index (χ3n) is 5.99. The zero-order chi connectivity index (χ0) is 29.5. The maximum atomic E-state index is 13.8. The average molecular weight is 601 g/mol. The fourth-order valence-electron chi connectivity index (χ4n) is 4.08. The van der Waals surface area contributed by atoms with Crippen molar-refractivity contribution in [1.29, 1.82) is 0 Å². The summed E-state index contributed by atoms with van der Waals surface area (Å²) in [6.07, 6.45) is -10.5. The van der Waals surface area contributed by atoms with Gasteiger partial charge >= 0.3 is 22.5 Å². The van der Waals surface area contributed by atoms with Crippen molar-refractivity contribution in [2.75, 3.05) is 0 Å². The molecule has 0 bridgehead atoms. The minimum Gasteiger partial charge on any atom is -0.507 e. The number of hydrogen-bond donors (Lipinski definition) is 1. The third-order valence-corrected chi connectivity index (χ3v) is 11.1. The molecule has 0 radical (unpaired) electrons. The molecule has 0 atom stereocenters. The Morgan fingerprint density at radius 3 is 1.38 bits per heavy atom. The Morgan fingerprint density at radius 2 is 1.00 bits per heavy atom. The highest BCUT2D eigenvalue weighted by molar-refractivity contribution is 8.33. The van der Waals surface area contributed by atoms with Gasteiger partial charge in [0.2, 0.25) is 0 Å². The molecule has 4 nitrogen and oxygen atoms in total. The summed E-state index contributed by atoms with van der Waals surface area (Å²) < 4.78 is 115. The predicted molar refractivity (Wildman–Crippen MR) is 138 cm³/mol. The van der Waals surface area contributed by atoms with E-state index in [2.05, 4.69) is 0 Å². The summed E-state index contributed by atoms with van der Waals surface area (Å²) in [4.78, 5) is -0.440. The molecule has 0 aliphatic rings. The second-order valence-electron chi connectivity index (χ2n) is 8.85. The topological polar surface area (TPSA) is 63.6 Å². The zero-order valence-corrected chi connectivity index (χ0v) is 22.5. The maximum absolute atomic E-state index is 13.8. The van der Waals surface area contributed by atoms with E-state index in [9.17, 15) is 39.9 Å². The number of aryl methyl sites for hydroxylation is 2. The van der Waals surface area contributed by atoms with E-state index < -0.39 is 48.8 Å². The Kier molecular flexibility index (Phi) is 7.74. The Hall–Kier alpha value is -3.48. The standard InChI is InChI=1S/C28H22F6O4S2/c1-18-13-24(14-19(2)26(18)35)39(22-9-5-3-6-10-22,23-11-7-4-8-12-23)38-40(36,37)25-16-20(27(29,30)31)15-21(17-25)28(32,33)34/h3-17,35H,1-2H3. The first-order valence-electron chi connectivity index (χ1n) is 11.5. The van der Waals surface area contributed by atoms with Crippen LogP contribution < -0.4 is 0 Å². The molecule has 0 saturated carbocycles. The first kappa shape index (κ1) is 29.5. The molecule has 0 heterocycles. The molecular weight excluding hydrogens is 578 g/mol. The molecule has 0 spiro atoms. The molecule has 0 saturated heterocycles. The number of rotatable bonds is 6. The highest BCUT2D eigenvalue weighted by atomic mass is 32.3. The van der Waals surface area contributed by atoms with Crippen LogP contribution in [-0.4, -0.2) is 13.5 Å². The number of alkyl halides is 6. The number of hydrogen-bond acceptors (Lipinski definition) is 4. The van der Waals surface area contributed by atoms with Crippen LogP contribution in [0.4, 0.5) is 26.3 Å². The highest BCUT2D eigenvalue weighted by Gasteiger charge is 2.42. The lowest BCUT2D eigenvalue weighted by Gasteiger charge is -2.40. The van der Waals surface area contributed by atoms with Gasteiger partial charge in [-0.15, -0.1) is 0 Å². The SMILES string of the molecule is Cc1cc(S(OS(=O)(=O)c2cc(C(F)(F)F)cc(C(F)(F)F)c2)(c2ccccc2)c2ccccc2)cc(C)c1O. The third kappa shape index (κ3) is 5.70. The summed E-state index contributed by atoms with van der Waals surface area (Å²) in [5, 5.41) is 10.4. The molecule has 0 unspecified atom stereocenters. The number of halogens is 6. The largest absolute Gasteiger partial charge is 0.507 e. The Balaban J connectivity index is 2.07. The van der Waals surface area contributed by atoms with Gasteiger partial charge in [-0.1, -0.05) is 36.4 Å². The quantitative estimate of drug-likeness (QED) is 0.225. The summed E-state index contributed by atoms with van der Waals surface area (Å²) in [6, 6.07) is 19.0. The van der Waals surface area contributed by atoms with Gasteiger partial charge in [-0.3, -0.25) is 0 Å². The molecule has 0 aliphatic heterocycles. The van der Waals surface area contributed by atoms with Gasteiger partial charge in [0, 0.05) is 14.7 Å². The molecule has 212 valence electrons. The molecule has 1 N–H and O–H groups in total. The molecule has 4 aromatic carbocycles. The Labute approximate surface area is 228 Å². The van der Waals surface area contributed by atoms with Crippen LogP contribution in [0.25, 0.3) is 0 Å². The summed E-state index contributed by atoms with van der Waals surface area (Å²) >= 11 is 0. The molecule has 0 aliphatic carbocycles.